The molecule has 1 aliphatic rings. The van der Waals surface area contributed by atoms with E-state index in [9.17, 15) is 0 Å². The van der Waals surface area contributed by atoms with Crippen LogP contribution in [-0.2, 0) is 6.54 Å². The fourth-order valence-electron chi connectivity index (χ4n) is 2.10. The standard InChI is InChI=1S/C11H12ClN5/c1-7-10-15-16-11(17(10)5-4-14-7)8-2-3-13-6-9(8)12/h2-3,6-7,14H,4-5H2,1H3. The molecule has 5 nitrogen and oxygen atoms in total. The zero-order chi connectivity index (χ0) is 11.8. The third kappa shape index (κ3) is 1.71. The minimum Gasteiger partial charge on any atom is -0.308 e. The fourth-order valence-corrected chi connectivity index (χ4v) is 2.30. The Bertz CT molecular complexity index is 551. The maximum Gasteiger partial charge on any atom is 0.165 e. The van der Waals surface area contributed by atoms with Crippen LogP contribution in [0, 0.1) is 0 Å². The van der Waals surface area contributed by atoms with E-state index in [2.05, 4.69) is 32.0 Å². The van der Waals surface area contributed by atoms with Crippen molar-refractivity contribution >= 4 is 11.6 Å². The van der Waals surface area contributed by atoms with Crippen LogP contribution >= 0.6 is 11.6 Å². The van der Waals surface area contributed by atoms with E-state index in [0.29, 0.717) is 5.02 Å². The van der Waals surface area contributed by atoms with Crippen molar-refractivity contribution in [1.82, 2.24) is 25.1 Å². The number of aromatic nitrogens is 4. The number of nitrogens with zero attached hydrogens (tertiary/aromatic N) is 4. The number of halogens is 1. The van der Waals surface area contributed by atoms with Gasteiger partial charge in [0, 0.05) is 31.0 Å². The van der Waals surface area contributed by atoms with Gasteiger partial charge in [-0.05, 0) is 13.0 Å². The average Bonchev–Trinajstić information content (AvgIpc) is 2.75. The first-order chi connectivity index (χ1) is 8.27. The molecule has 1 atom stereocenters. The molecule has 2 aromatic heterocycles. The molecule has 0 amide bonds. The molecule has 0 fully saturated rings. The van der Waals surface area contributed by atoms with E-state index in [0.717, 1.165) is 30.3 Å². The Morgan fingerprint density at radius 2 is 2.35 bits per heavy atom. The van der Waals surface area contributed by atoms with Gasteiger partial charge in [-0.1, -0.05) is 11.6 Å². The number of fused-ring (bicyclic) bond motifs is 1. The summed E-state index contributed by atoms with van der Waals surface area (Å²) in [5.74, 6) is 1.78. The van der Waals surface area contributed by atoms with Crippen molar-refractivity contribution in [3.63, 3.8) is 0 Å². The van der Waals surface area contributed by atoms with Crippen LogP contribution in [0.2, 0.25) is 5.02 Å². The highest BCUT2D eigenvalue weighted by Gasteiger charge is 2.22. The maximum absolute atomic E-state index is 6.14. The SMILES string of the molecule is CC1NCCn2c(-c3ccncc3Cl)nnc21. The van der Waals surface area contributed by atoms with Gasteiger partial charge in [0.2, 0.25) is 0 Å². The van der Waals surface area contributed by atoms with Crippen molar-refractivity contribution in [1.29, 1.82) is 0 Å². The first kappa shape index (κ1) is 10.7. The van der Waals surface area contributed by atoms with E-state index >= 15 is 0 Å². The monoisotopic (exact) mass is 249 g/mol. The predicted molar refractivity (Wildman–Crippen MR) is 64.7 cm³/mol. The summed E-state index contributed by atoms with van der Waals surface area (Å²) in [6.45, 7) is 3.86. The number of hydrogen-bond donors (Lipinski definition) is 1. The lowest BCUT2D eigenvalue weighted by Crippen LogP contribution is -2.32. The predicted octanol–water partition coefficient (Wildman–Crippen LogP) is 1.66. The molecule has 0 bridgehead atoms. The molecule has 0 aliphatic carbocycles. The van der Waals surface area contributed by atoms with Gasteiger partial charge in [0.25, 0.3) is 0 Å². The van der Waals surface area contributed by atoms with Crippen LogP contribution in [0.3, 0.4) is 0 Å². The number of pyridine rings is 1. The van der Waals surface area contributed by atoms with Crippen LogP contribution in [0.25, 0.3) is 11.4 Å². The van der Waals surface area contributed by atoms with E-state index in [1.165, 1.54) is 0 Å². The summed E-state index contributed by atoms with van der Waals surface area (Å²) >= 11 is 6.14. The second-order valence-corrected chi connectivity index (χ2v) is 4.47. The van der Waals surface area contributed by atoms with E-state index in [1.54, 1.807) is 12.4 Å². The molecule has 3 rings (SSSR count). The molecule has 1 unspecified atom stereocenters. The van der Waals surface area contributed by atoms with Crippen LogP contribution in [0.15, 0.2) is 18.5 Å². The molecule has 3 heterocycles. The van der Waals surface area contributed by atoms with Crippen LogP contribution in [0.1, 0.15) is 18.8 Å². The molecule has 17 heavy (non-hydrogen) atoms. The molecule has 0 saturated carbocycles. The molecule has 2 aromatic rings. The summed E-state index contributed by atoms with van der Waals surface area (Å²) in [5, 5.41) is 12.4. The summed E-state index contributed by atoms with van der Waals surface area (Å²) < 4.78 is 2.11. The van der Waals surface area contributed by atoms with Gasteiger partial charge in [0.15, 0.2) is 5.82 Å². The van der Waals surface area contributed by atoms with Gasteiger partial charge in [-0.3, -0.25) is 4.98 Å². The molecule has 88 valence electrons. The molecule has 0 aromatic carbocycles. The highest BCUT2D eigenvalue weighted by Crippen LogP contribution is 2.28. The molecule has 1 aliphatic heterocycles. The number of rotatable bonds is 1. The lowest BCUT2D eigenvalue weighted by atomic mass is 10.2. The third-order valence-corrected chi connectivity index (χ3v) is 3.27. The highest BCUT2D eigenvalue weighted by molar-refractivity contribution is 6.33. The lowest BCUT2D eigenvalue weighted by Gasteiger charge is -2.22. The van der Waals surface area contributed by atoms with Crippen LogP contribution in [-0.4, -0.2) is 26.3 Å². The Kier molecular flexibility index (Phi) is 2.57. The molecule has 0 radical (unpaired) electrons. The van der Waals surface area contributed by atoms with Crippen molar-refractivity contribution in [2.24, 2.45) is 0 Å². The van der Waals surface area contributed by atoms with Gasteiger partial charge in [-0.25, -0.2) is 0 Å². The molecule has 0 saturated heterocycles. The second kappa shape index (κ2) is 4.09. The highest BCUT2D eigenvalue weighted by atomic mass is 35.5. The van der Waals surface area contributed by atoms with E-state index in [-0.39, 0.29) is 6.04 Å². The molecule has 1 N–H and O–H groups in total. The molecular formula is C11H12ClN5. The summed E-state index contributed by atoms with van der Waals surface area (Å²) in [6, 6.07) is 2.09. The van der Waals surface area contributed by atoms with Gasteiger partial charge < -0.3 is 9.88 Å². The van der Waals surface area contributed by atoms with Gasteiger partial charge in [-0.15, -0.1) is 10.2 Å². The van der Waals surface area contributed by atoms with E-state index in [4.69, 9.17) is 11.6 Å². The van der Waals surface area contributed by atoms with Crippen molar-refractivity contribution in [2.45, 2.75) is 19.5 Å². The maximum atomic E-state index is 6.14. The van der Waals surface area contributed by atoms with E-state index in [1.807, 2.05) is 6.07 Å². The molecule has 6 heteroatoms. The van der Waals surface area contributed by atoms with Crippen molar-refractivity contribution in [3.05, 3.63) is 29.3 Å². The Hall–Kier alpha value is -1.46. The largest absolute Gasteiger partial charge is 0.308 e. The topological polar surface area (TPSA) is 55.6 Å². The minimum atomic E-state index is 0.227. The van der Waals surface area contributed by atoms with Crippen molar-refractivity contribution < 1.29 is 0 Å². The van der Waals surface area contributed by atoms with E-state index < -0.39 is 0 Å². The first-order valence-electron chi connectivity index (χ1n) is 5.53. The Balaban J connectivity index is 2.14. The minimum absolute atomic E-state index is 0.227. The zero-order valence-corrected chi connectivity index (χ0v) is 10.1. The van der Waals surface area contributed by atoms with Crippen LogP contribution in [0.5, 0.6) is 0 Å². The zero-order valence-electron chi connectivity index (χ0n) is 9.39. The Morgan fingerprint density at radius 3 is 3.18 bits per heavy atom. The van der Waals surface area contributed by atoms with Crippen LogP contribution in [0.4, 0.5) is 0 Å². The van der Waals surface area contributed by atoms with Gasteiger partial charge >= 0.3 is 0 Å². The summed E-state index contributed by atoms with van der Waals surface area (Å²) in [6.07, 6.45) is 3.34. The second-order valence-electron chi connectivity index (χ2n) is 4.06. The lowest BCUT2D eigenvalue weighted by molar-refractivity contribution is 0.439. The number of hydrogen-bond acceptors (Lipinski definition) is 4. The fraction of sp³-hybridized carbons (Fsp3) is 0.364. The molecular weight excluding hydrogens is 238 g/mol. The van der Waals surface area contributed by atoms with Gasteiger partial charge in [0.1, 0.15) is 5.82 Å². The molecule has 0 spiro atoms. The summed E-state index contributed by atoms with van der Waals surface area (Å²) in [5.41, 5.74) is 0.884. The Labute approximate surface area is 104 Å². The van der Waals surface area contributed by atoms with Crippen LogP contribution < -0.4 is 5.32 Å². The van der Waals surface area contributed by atoms with Gasteiger partial charge in [0.05, 0.1) is 11.1 Å². The Morgan fingerprint density at radius 1 is 1.47 bits per heavy atom. The quantitative estimate of drug-likeness (QED) is 0.835. The van der Waals surface area contributed by atoms with Crippen molar-refractivity contribution in [3.8, 4) is 11.4 Å². The normalized spacial score (nSPS) is 19.1. The third-order valence-electron chi connectivity index (χ3n) is 2.97. The smallest absolute Gasteiger partial charge is 0.165 e. The number of nitrogens with one attached hydrogen (secondary N) is 1. The summed E-state index contributed by atoms with van der Waals surface area (Å²) in [7, 11) is 0. The average molecular weight is 250 g/mol. The summed E-state index contributed by atoms with van der Waals surface area (Å²) in [4.78, 5) is 3.98. The first-order valence-corrected chi connectivity index (χ1v) is 5.91. The van der Waals surface area contributed by atoms with Gasteiger partial charge in [-0.2, -0.15) is 0 Å². The van der Waals surface area contributed by atoms with Crippen molar-refractivity contribution in [2.75, 3.05) is 6.54 Å².